The molecular weight excluding hydrogens is 190 g/mol. The largest absolute Gasteiger partial charge is 0.483 e. The van der Waals surface area contributed by atoms with Crippen molar-refractivity contribution in [3.05, 3.63) is 31.1 Å². The molecule has 0 amide bonds. The van der Waals surface area contributed by atoms with Crippen molar-refractivity contribution in [2.45, 2.75) is 32.0 Å². The molecule has 2 rings (SSSR count). The number of nitrogens with one attached hydrogen (secondary N) is 1. The highest BCUT2D eigenvalue weighted by Gasteiger charge is 2.08. The van der Waals surface area contributed by atoms with Crippen LogP contribution in [0.15, 0.2) is 31.1 Å². The highest BCUT2D eigenvalue weighted by atomic mass is 16.5. The first-order valence-electron chi connectivity index (χ1n) is 5.45. The summed E-state index contributed by atoms with van der Waals surface area (Å²) >= 11 is 0. The van der Waals surface area contributed by atoms with E-state index in [4.69, 9.17) is 4.74 Å². The Kier molecular flexibility index (Phi) is 3.79. The van der Waals surface area contributed by atoms with E-state index in [0.29, 0.717) is 0 Å². The Bertz CT molecular complexity index is 295. The fourth-order valence-electron chi connectivity index (χ4n) is 1.63. The molecule has 82 valence electrons. The van der Waals surface area contributed by atoms with Crippen molar-refractivity contribution < 1.29 is 4.74 Å². The second kappa shape index (κ2) is 5.56. The molecule has 0 bridgehead atoms. The topological polar surface area (TPSA) is 39.1 Å². The quantitative estimate of drug-likeness (QED) is 0.744. The van der Waals surface area contributed by atoms with Gasteiger partial charge in [-0.05, 0) is 18.9 Å². The van der Waals surface area contributed by atoms with Crippen LogP contribution in [0.5, 0.6) is 0 Å². The summed E-state index contributed by atoms with van der Waals surface area (Å²) in [5.74, 6) is 0. The van der Waals surface area contributed by atoms with Gasteiger partial charge >= 0.3 is 0 Å². The number of aromatic nitrogens is 2. The lowest BCUT2D eigenvalue weighted by Gasteiger charge is -2.20. The standard InChI is InChI=1S/C11H17N3O/c1-2-9-15-11(4-1)13-5-3-7-14-8-6-12-10-14/h2,6,8-11,13H,1,3-5,7H2. The number of nitrogens with zero attached hydrogens (tertiary/aromatic N) is 2. The third-order valence-corrected chi connectivity index (χ3v) is 2.46. The van der Waals surface area contributed by atoms with Crippen molar-refractivity contribution >= 4 is 0 Å². The molecule has 0 radical (unpaired) electrons. The normalized spacial score (nSPS) is 20.1. The van der Waals surface area contributed by atoms with Gasteiger partial charge in [0, 0.05) is 31.9 Å². The average molecular weight is 207 g/mol. The molecule has 1 N–H and O–H groups in total. The highest BCUT2D eigenvalue weighted by molar-refractivity contribution is 4.81. The molecule has 4 nitrogen and oxygen atoms in total. The molecule has 0 saturated carbocycles. The molecule has 2 heterocycles. The second-order valence-corrected chi connectivity index (χ2v) is 3.68. The van der Waals surface area contributed by atoms with Gasteiger partial charge in [0.25, 0.3) is 0 Å². The van der Waals surface area contributed by atoms with E-state index in [1.54, 1.807) is 6.26 Å². The van der Waals surface area contributed by atoms with Crippen molar-refractivity contribution in [3.8, 4) is 0 Å². The second-order valence-electron chi connectivity index (χ2n) is 3.68. The number of hydrogen-bond acceptors (Lipinski definition) is 3. The molecule has 1 aliphatic rings. The predicted molar refractivity (Wildman–Crippen MR) is 58.1 cm³/mol. The van der Waals surface area contributed by atoms with Gasteiger partial charge in [0.15, 0.2) is 0 Å². The minimum absolute atomic E-state index is 0.206. The first-order valence-corrected chi connectivity index (χ1v) is 5.45. The minimum Gasteiger partial charge on any atom is -0.483 e. The van der Waals surface area contributed by atoms with Gasteiger partial charge in [0.1, 0.15) is 6.23 Å². The summed E-state index contributed by atoms with van der Waals surface area (Å²) in [5.41, 5.74) is 0. The maximum atomic E-state index is 5.40. The lowest BCUT2D eigenvalue weighted by atomic mass is 10.2. The molecule has 4 heteroatoms. The summed E-state index contributed by atoms with van der Waals surface area (Å²) in [5, 5.41) is 3.38. The average Bonchev–Trinajstić information content (AvgIpc) is 2.79. The van der Waals surface area contributed by atoms with E-state index in [1.807, 2.05) is 18.7 Å². The maximum Gasteiger partial charge on any atom is 0.149 e. The molecule has 1 atom stereocenters. The fraction of sp³-hybridized carbons (Fsp3) is 0.545. The van der Waals surface area contributed by atoms with Crippen molar-refractivity contribution in [2.75, 3.05) is 6.54 Å². The van der Waals surface area contributed by atoms with Crippen molar-refractivity contribution in [3.63, 3.8) is 0 Å². The Hall–Kier alpha value is -1.29. The van der Waals surface area contributed by atoms with Crippen molar-refractivity contribution in [1.82, 2.24) is 14.9 Å². The minimum atomic E-state index is 0.206. The Morgan fingerprint density at radius 2 is 2.53 bits per heavy atom. The van der Waals surface area contributed by atoms with Gasteiger partial charge in [-0.25, -0.2) is 4.98 Å². The van der Waals surface area contributed by atoms with Crippen LogP contribution in [-0.2, 0) is 11.3 Å². The third kappa shape index (κ3) is 3.40. The van der Waals surface area contributed by atoms with E-state index in [9.17, 15) is 0 Å². The number of aryl methyl sites for hydroxylation is 1. The van der Waals surface area contributed by atoms with E-state index in [0.717, 1.165) is 32.4 Å². The van der Waals surface area contributed by atoms with E-state index < -0.39 is 0 Å². The van der Waals surface area contributed by atoms with Crippen LogP contribution in [0.1, 0.15) is 19.3 Å². The number of allylic oxidation sites excluding steroid dienone is 1. The zero-order valence-corrected chi connectivity index (χ0v) is 8.80. The van der Waals surface area contributed by atoms with Crippen LogP contribution in [0.3, 0.4) is 0 Å². The van der Waals surface area contributed by atoms with Crippen LogP contribution in [0.2, 0.25) is 0 Å². The van der Waals surface area contributed by atoms with Crippen LogP contribution in [0, 0.1) is 0 Å². The van der Waals surface area contributed by atoms with E-state index in [2.05, 4.69) is 20.9 Å². The first-order chi connectivity index (χ1) is 7.45. The summed E-state index contributed by atoms with van der Waals surface area (Å²) < 4.78 is 7.49. The molecule has 1 unspecified atom stereocenters. The molecule has 0 aromatic carbocycles. The van der Waals surface area contributed by atoms with Gasteiger partial charge in [-0.3, -0.25) is 5.32 Å². The first kappa shape index (κ1) is 10.2. The summed E-state index contributed by atoms with van der Waals surface area (Å²) in [7, 11) is 0. The fourth-order valence-corrected chi connectivity index (χ4v) is 1.63. The summed E-state index contributed by atoms with van der Waals surface area (Å²) in [6.45, 7) is 1.99. The third-order valence-electron chi connectivity index (χ3n) is 2.46. The molecule has 0 spiro atoms. The smallest absolute Gasteiger partial charge is 0.149 e. The van der Waals surface area contributed by atoms with Gasteiger partial charge in [-0.15, -0.1) is 0 Å². The Morgan fingerprint density at radius 3 is 3.27 bits per heavy atom. The number of ether oxygens (including phenoxy) is 1. The van der Waals surface area contributed by atoms with Gasteiger partial charge in [0.05, 0.1) is 12.6 Å². The number of rotatable bonds is 5. The van der Waals surface area contributed by atoms with Gasteiger partial charge in [-0.2, -0.15) is 0 Å². The Labute approximate surface area is 90.0 Å². The SMILES string of the molecule is C1=COC(NCCCn2ccnc2)CC1. The maximum absolute atomic E-state index is 5.40. The summed E-state index contributed by atoms with van der Waals surface area (Å²) in [6.07, 6.45) is 13.0. The predicted octanol–water partition coefficient (Wildman–Crippen LogP) is 1.51. The van der Waals surface area contributed by atoms with Crippen LogP contribution >= 0.6 is 0 Å². The van der Waals surface area contributed by atoms with Gasteiger partial charge in [0.2, 0.25) is 0 Å². The molecule has 0 saturated heterocycles. The van der Waals surface area contributed by atoms with Gasteiger partial charge < -0.3 is 9.30 Å². The van der Waals surface area contributed by atoms with Crippen molar-refractivity contribution in [2.24, 2.45) is 0 Å². The molecule has 0 fully saturated rings. The monoisotopic (exact) mass is 207 g/mol. The zero-order chi connectivity index (χ0) is 10.3. The zero-order valence-electron chi connectivity index (χ0n) is 8.80. The van der Waals surface area contributed by atoms with E-state index >= 15 is 0 Å². The molecule has 1 aromatic heterocycles. The van der Waals surface area contributed by atoms with Crippen molar-refractivity contribution in [1.29, 1.82) is 0 Å². The number of hydrogen-bond donors (Lipinski definition) is 1. The van der Waals surface area contributed by atoms with E-state index in [-0.39, 0.29) is 6.23 Å². The summed E-state index contributed by atoms with van der Waals surface area (Å²) in [6, 6.07) is 0. The molecule has 1 aromatic rings. The van der Waals surface area contributed by atoms with Crippen LogP contribution in [-0.4, -0.2) is 22.3 Å². The lowest BCUT2D eigenvalue weighted by Crippen LogP contribution is -2.32. The molecular formula is C11H17N3O. The Morgan fingerprint density at radius 1 is 1.53 bits per heavy atom. The lowest BCUT2D eigenvalue weighted by molar-refractivity contribution is 0.0922. The Balaban J connectivity index is 1.57. The molecule has 0 aliphatic carbocycles. The highest BCUT2D eigenvalue weighted by Crippen LogP contribution is 2.07. The van der Waals surface area contributed by atoms with E-state index in [1.165, 1.54) is 0 Å². The van der Waals surface area contributed by atoms with Crippen LogP contribution < -0.4 is 5.32 Å². The molecule has 1 aliphatic heterocycles. The van der Waals surface area contributed by atoms with Gasteiger partial charge in [-0.1, -0.05) is 0 Å². The molecule has 15 heavy (non-hydrogen) atoms. The van der Waals surface area contributed by atoms with Crippen LogP contribution in [0.4, 0.5) is 0 Å². The van der Waals surface area contributed by atoms with Crippen LogP contribution in [0.25, 0.3) is 0 Å². The number of imidazole rings is 1. The summed E-state index contributed by atoms with van der Waals surface area (Å²) in [4.78, 5) is 4.00.